The quantitative estimate of drug-likeness (QED) is 0.435. The van der Waals surface area contributed by atoms with Crippen LogP contribution in [0.3, 0.4) is 0 Å². The predicted octanol–water partition coefficient (Wildman–Crippen LogP) is 5.07. The fourth-order valence-electron chi connectivity index (χ4n) is 3.16. The van der Waals surface area contributed by atoms with Crippen LogP contribution in [0, 0.1) is 6.92 Å². The van der Waals surface area contributed by atoms with Gasteiger partial charge in [-0.1, -0.05) is 54.6 Å². The number of benzene rings is 2. The first-order chi connectivity index (χ1) is 14.7. The second-order valence-electron chi connectivity index (χ2n) is 7.03. The standard InChI is InChI=1S/C24H23N3O2S/c1-17-27-21(16-30-17)19-9-7-18(8-10-19)13-14-25-23(28)11-12-24-26-15-22(29-24)20-5-3-2-4-6-20/h2-10,15-16H,11-14H2,1H3,(H,25,28). The van der Waals surface area contributed by atoms with Gasteiger partial charge in [-0.15, -0.1) is 11.3 Å². The summed E-state index contributed by atoms with van der Waals surface area (Å²) in [6.07, 6.45) is 3.34. The molecular weight excluding hydrogens is 394 g/mol. The smallest absolute Gasteiger partial charge is 0.220 e. The van der Waals surface area contributed by atoms with Crippen LogP contribution in [0.5, 0.6) is 0 Å². The van der Waals surface area contributed by atoms with E-state index >= 15 is 0 Å². The first kappa shape index (κ1) is 20.0. The molecule has 0 saturated heterocycles. The van der Waals surface area contributed by atoms with E-state index in [1.807, 2.05) is 37.3 Å². The minimum absolute atomic E-state index is 0.00373. The van der Waals surface area contributed by atoms with Crippen molar-refractivity contribution in [3.8, 4) is 22.6 Å². The molecule has 2 aromatic heterocycles. The number of amides is 1. The summed E-state index contributed by atoms with van der Waals surface area (Å²) >= 11 is 1.65. The molecule has 30 heavy (non-hydrogen) atoms. The molecule has 2 aromatic carbocycles. The van der Waals surface area contributed by atoms with Crippen LogP contribution in [0.1, 0.15) is 22.9 Å². The Morgan fingerprint density at radius 1 is 1.03 bits per heavy atom. The van der Waals surface area contributed by atoms with Crippen LogP contribution in [-0.4, -0.2) is 22.4 Å². The molecule has 0 spiro atoms. The Kier molecular flexibility index (Phi) is 6.35. The number of rotatable bonds is 8. The van der Waals surface area contributed by atoms with Crippen LogP contribution >= 0.6 is 11.3 Å². The van der Waals surface area contributed by atoms with Crippen molar-refractivity contribution < 1.29 is 9.21 Å². The van der Waals surface area contributed by atoms with Gasteiger partial charge in [0.2, 0.25) is 5.91 Å². The Hall–Kier alpha value is -3.25. The SMILES string of the molecule is Cc1nc(-c2ccc(CCNC(=O)CCc3ncc(-c4ccccc4)o3)cc2)cs1. The monoisotopic (exact) mass is 417 g/mol. The molecule has 0 unspecified atom stereocenters. The van der Waals surface area contributed by atoms with Gasteiger partial charge in [-0.25, -0.2) is 9.97 Å². The molecule has 4 aromatic rings. The van der Waals surface area contributed by atoms with Crippen molar-refractivity contribution in [2.45, 2.75) is 26.2 Å². The number of nitrogens with zero attached hydrogens (tertiary/aromatic N) is 2. The highest BCUT2D eigenvalue weighted by molar-refractivity contribution is 7.09. The van der Waals surface area contributed by atoms with E-state index in [0.29, 0.717) is 25.3 Å². The van der Waals surface area contributed by atoms with E-state index in [1.54, 1.807) is 17.5 Å². The Morgan fingerprint density at radius 2 is 1.83 bits per heavy atom. The Morgan fingerprint density at radius 3 is 2.57 bits per heavy atom. The molecular formula is C24H23N3O2S. The summed E-state index contributed by atoms with van der Waals surface area (Å²) in [5, 5.41) is 6.11. The Bertz CT molecular complexity index is 1100. The third-order valence-electron chi connectivity index (χ3n) is 4.78. The zero-order valence-electron chi connectivity index (χ0n) is 16.8. The predicted molar refractivity (Wildman–Crippen MR) is 119 cm³/mol. The lowest BCUT2D eigenvalue weighted by atomic mass is 10.1. The van der Waals surface area contributed by atoms with Crippen LogP contribution in [0.4, 0.5) is 0 Å². The molecule has 0 aliphatic rings. The lowest BCUT2D eigenvalue weighted by molar-refractivity contribution is -0.121. The van der Waals surface area contributed by atoms with Gasteiger partial charge in [0.05, 0.1) is 16.9 Å². The van der Waals surface area contributed by atoms with Crippen molar-refractivity contribution in [3.63, 3.8) is 0 Å². The first-order valence-electron chi connectivity index (χ1n) is 9.95. The van der Waals surface area contributed by atoms with Crippen molar-refractivity contribution in [1.82, 2.24) is 15.3 Å². The van der Waals surface area contributed by atoms with Crippen LogP contribution in [0.15, 0.2) is 70.6 Å². The van der Waals surface area contributed by atoms with E-state index in [1.165, 1.54) is 5.56 Å². The van der Waals surface area contributed by atoms with Gasteiger partial charge in [-0.2, -0.15) is 0 Å². The molecule has 0 bridgehead atoms. The normalized spacial score (nSPS) is 10.8. The molecule has 1 N–H and O–H groups in total. The van der Waals surface area contributed by atoms with E-state index in [9.17, 15) is 4.79 Å². The lowest BCUT2D eigenvalue weighted by Crippen LogP contribution is -2.25. The molecule has 6 heteroatoms. The highest BCUT2D eigenvalue weighted by Crippen LogP contribution is 2.22. The molecule has 0 fully saturated rings. The maximum Gasteiger partial charge on any atom is 0.220 e. The summed E-state index contributed by atoms with van der Waals surface area (Å²) in [5.41, 5.74) is 4.30. The second kappa shape index (κ2) is 9.50. The number of thiazole rings is 1. The Labute approximate surface area is 179 Å². The summed E-state index contributed by atoms with van der Waals surface area (Å²) in [5.74, 6) is 1.31. The molecule has 5 nitrogen and oxygen atoms in total. The van der Waals surface area contributed by atoms with E-state index < -0.39 is 0 Å². The largest absolute Gasteiger partial charge is 0.441 e. The van der Waals surface area contributed by atoms with E-state index in [0.717, 1.165) is 34.0 Å². The van der Waals surface area contributed by atoms with Crippen LogP contribution in [0.2, 0.25) is 0 Å². The zero-order valence-corrected chi connectivity index (χ0v) is 17.6. The number of carbonyl (C=O) groups excluding carboxylic acids is 1. The van der Waals surface area contributed by atoms with Gasteiger partial charge in [-0.3, -0.25) is 4.79 Å². The van der Waals surface area contributed by atoms with E-state index in [-0.39, 0.29) is 5.91 Å². The molecule has 0 saturated carbocycles. The van der Waals surface area contributed by atoms with Crippen molar-refractivity contribution in [1.29, 1.82) is 0 Å². The first-order valence-corrected chi connectivity index (χ1v) is 10.8. The molecule has 1 amide bonds. The van der Waals surface area contributed by atoms with Crippen molar-refractivity contribution in [2.24, 2.45) is 0 Å². The maximum absolute atomic E-state index is 12.1. The van der Waals surface area contributed by atoms with E-state index in [4.69, 9.17) is 4.42 Å². The third-order valence-corrected chi connectivity index (χ3v) is 5.56. The molecule has 4 rings (SSSR count). The molecule has 0 aliphatic carbocycles. The highest BCUT2D eigenvalue weighted by atomic mass is 32.1. The minimum atomic E-state index is 0.00373. The highest BCUT2D eigenvalue weighted by Gasteiger charge is 2.09. The minimum Gasteiger partial charge on any atom is -0.441 e. The molecule has 2 heterocycles. The summed E-state index contributed by atoms with van der Waals surface area (Å²) in [6, 6.07) is 18.2. The van der Waals surface area contributed by atoms with Crippen LogP contribution in [-0.2, 0) is 17.6 Å². The van der Waals surface area contributed by atoms with Gasteiger partial charge in [0.15, 0.2) is 11.7 Å². The van der Waals surface area contributed by atoms with Crippen molar-refractivity contribution in [2.75, 3.05) is 6.54 Å². The maximum atomic E-state index is 12.1. The van der Waals surface area contributed by atoms with E-state index in [2.05, 4.69) is 44.9 Å². The number of oxazole rings is 1. The van der Waals surface area contributed by atoms with Gasteiger partial charge in [0.25, 0.3) is 0 Å². The number of carbonyl (C=O) groups is 1. The molecule has 152 valence electrons. The Balaban J connectivity index is 1.20. The number of aromatic nitrogens is 2. The summed E-state index contributed by atoms with van der Waals surface area (Å²) < 4.78 is 5.75. The summed E-state index contributed by atoms with van der Waals surface area (Å²) in [7, 11) is 0. The van der Waals surface area contributed by atoms with Crippen LogP contribution < -0.4 is 5.32 Å². The number of hydrogen-bond acceptors (Lipinski definition) is 5. The van der Waals surface area contributed by atoms with Gasteiger partial charge in [0, 0.05) is 35.9 Å². The summed E-state index contributed by atoms with van der Waals surface area (Å²) in [4.78, 5) is 20.9. The molecule has 0 aliphatic heterocycles. The van der Waals surface area contributed by atoms with Gasteiger partial charge < -0.3 is 9.73 Å². The molecule has 0 atom stereocenters. The van der Waals surface area contributed by atoms with Crippen LogP contribution in [0.25, 0.3) is 22.6 Å². The number of aryl methyl sites for hydroxylation is 2. The molecule has 0 radical (unpaired) electrons. The average Bonchev–Trinajstić information content (AvgIpc) is 3.43. The topological polar surface area (TPSA) is 68.0 Å². The average molecular weight is 418 g/mol. The van der Waals surface area contributed by atoms with Crippen molar-refractivity contribution in [3.05, 3.63) is 82.6 Å². The van der Waals surface area contributed by atoms with Gasteiger partial charge >= 0.3 is 0 Å². The number of nitrogens with one attached hydrogen (secondary N) is 1. The fourth-order valence-corrected chi connectivity index (χ4v) is 3.78. The zero-order chi connectivity index (χ0) is 20.8. The van der Waals surface area contributed by atoms with Gasteiger partial charge in [-0.05, 0) is 18.9 Å². The third kappa shape index (κ3) is 5.21. The van der Waals surface area contributed by atoms with Gasteiger partial charge in [0.1, 0.15) is 0 Å². The number of hydrogen-bond donors (Lipinski definition) is 1. The lowest BCUT2D eigenvalue weighted by Gasteiger charge is -2.05. The summed E-state index contributed by atoms with van der Waals surface area (Å²) in [6.45, 7) is 2.62. The fraction of sp³-hybridized carbons (Fsp3) is 0.208. The van der Waals surface area contributed by atoms with Crippen molar-refractivity contribution >= 4 is 17.2 Å². The second-order valence-corrected chi connectivity index (χ2v) is 8.10.